The maximum atomic E-state index is 13.4. The molecule has 0 aliphatic heterocycles. The molecule has 1 aromatic heterocycles. The molecule has 0 radical (unpaired) electrons. The summed E-state index contributed by atoms with van der Waals surface area (Å²) in [5.41, 5.74) is 3.35. The van der Waals surface area contributed by atoms with Crippen LogP contribution in [-0.2, 0) is 11.2 Å². The molecule has 0 saturated carbocycles. The molecule has 6 rings (SSSR count). The van der Waals surface area contributed by atoms with E-state index in [-0.39, 0.29) is 23.4 Å². The number of fused-ring (bicyclic) bond motifs is 1. The summed E-state index contributed by atoms with van der Waals surface area (Å²) in [6.07, 6.45) is 0.0399. The van der Waals surface area contributed by atoms with Gasteiger partial charge in [-0.25, -0.2) is 4.79 Å². The van der Waals surface area contributed by atoms with E-state index in [2.05, 4.69) is 26.6 Å². The lowest BCUT2D eigenvalue weighted by atomic mass is 9.99. The van der Waals surface area contributed by atoms with E-state index in [1.807, 2.05) is 91.0 Å². The molecule has 6 aromatic rings. The van der Waals surface area contributed by atoms with Gasteiger partial charge in [0.15, 0.2) is 5.76 Å². The summed E-state index contributed by atoms with van der Waals surface area (Å²) < 4.78 is 12.3. The number of ether oxygens (including phenoxy) is 1. The van der Waals surface area contributed by atoms with E-state index < -0.39 is 23.8 Å². The van der Waals surface area contributed by atoms with E-state index in [1.165, 1.54) is 6.07 Å². The van der Waals surface area contributed by atoms with Crippen LogP contribution >= 0.6 is 15.9 Å². The van der Waals surface area contributed by atoms with Crippen molar-refractivity contribution in [1.82, 2.24) is 5.32 Å². The maximum absolute atomic E-state index is 13.4. The average molecular weight is 676 g/mol. The lowest BCUT2D eigenvalue weighted by Crippen LogP contribution is -2.42. The third-order valence-electron chi connectivity index (χ3n) is 7.29. The van der Waals surface area contributed by atoms with Crippen LogP contribution in [0, 0.1) is 0 Å². The SMILES string of the molecule is O=C(Nc1ccc(Br)cc1C(=O)NC(Cc1ccc(-c2ccccc2Oc2ccccc2)cc1)C(=O)O)c1cc2ccccc2o1. The first-order valence-corrected chi connectivity index (χ1v) is 15.2. The van der Waals surface area contributed by atoms with Crippen LogP contribution in [0.4, 0.5) is 5.69 Å². The van der Waals surface area contributed by atoms with Crippen molar-refractivity contribution in [3.63, 3.8) is 0 Å². The number of halogens is 1. The first-order chi connectivity index (χ1) is 22.3. The number of carboxylic acid groups (broad SMARTS) is 1. The highest BCUT2D eigenvalue weighted by Gasteiger charge is 2.24. The number of benzene rings is 5. The minimum atomic E-state index is -1.23. The number of hydrogen-bond donors (Lipinski definition) is 3. The van der Waals surface area contributed by atoms with Crippen molar-refractivity contribution in [3.05, 3.63) is 149 Å². The molecule has 0 spiro atoms. The van der Waals surface area contributed by atoms with E-state index in [9.17, 15) is 19.5 Å². The first-order valence-electron chi connectivity index (χ1n) is 14.4. The molecule has 1 atom stereocenters. The first kappa shape index (κ1) is 30.4. The quantitative estimate of drug-likeness (QED) is 0.134. The second kappa shape index (κ2) is 13.5. The molecule has 0 bridgehead atoms. The van der Waals surface area contributed by atoms with Gasteiger partial charge in [-0.15, -0.1) is 0 Å². The summed E-state index contributed by atoms with van der Waals surface area (Å²) in [4.78, 5) is 38.7. The van der Waals surface area contributed by atoms with Crippen LogP contribution in [0.3, 0.4) is 0 Å². The van der Waals surface area contributed by atoms with Gasteiger partial charge >= 0.3 is 5.97 Å². The van der Waals surface area contributed by atoms with Crippen molar-refractivity contribution in [3.8, 4) is 22.6 Å². The predicted octanol–water partition coefficient (Wildman–Crippen LogP) is 8.33. The zero-order valence-corrected chi connectivity index (χ0v) is 25.9. The number of nitrogens with one attached hydrogen (secondary N) is 2. The number of amides is 2. The predicted molar refractivity (Wildman–Crippen MR) is 179 cm³/mol. The van der Waals surface area contributed by atoms with Crippen molar-refractivity contribution in [2.75, 3.05) is 5.32 Å². The van der Waals surface area contributed by atoms with Gasteiger partial charge in [0.2, 0.25) is 0 Å². The topological polar surface area (TPSA) is 118 Å². The zero-order valence-electron chi connectivity index (χ0n) is 24.3. The maximum Gasteiger partial charge on any atom is 0.326 e. The highest BCUT2D eigenvalue weighted by Crippen LogP contribution is 2.33. The Hall–Kier alpha value is -5.67. The van der Waals surface area contributed by atoms with Crippen LogP contribution in [0.2, 0.25) is 0 Å². The molecular weight excluding hydrogens is 648 g/mol. The van der Waals surface area contributed by atoms with Crippen LogP contribution in [0.5, 0.6) is 11.5 Å². The summed E-state index contributed by atoms with van der Waals surface area (Å²) >= 11 is 3.36. The molecule has 0 saturated heterocycles. The van der Waals surface area contributed by atoms with Crippen molar-refractivity contribution in [1.29, 1.82) is 0 Å². The number of para-hydroxylation sites is 3. The van der Waals surface area contributed by atoms with E-state index in [0.717, 1.165) is 16.5 Å². The summed E-state index contributed by atoms with van der Waals surface area (Å²) in [6.45, 7) is 0. The van der Waals surface area contributed by atoms with Crippen molar-refractivity contribution >= 4 is 50.4 Å². The van der Waals surface area contributed by atoms with Crippen LogP contribution < -0.4 is 15.4 Å². The average Bonchev–Trinajstić information content (AvgIpc) is 3.51. The fourth-order valence-electron chi connectivity index (χ4n) is 4.99. The number of rotatable bonds is 10. The Morgan fingerprint density at radius 2 is 1.50 bits per heavy atom. The molecule has 228 valence electrons. The number of anilines is 1. The monoisotopic (exact) mass is 674 g/mol. The third kappa shape index (κ3) is 7.00. The second-order valence-corrected chi connectivity index (χ2v) is 11.4. The Morgan fingerprint density at radius 3 is 2.26 bits per heavy atom. The molecule has 1 heterocycles. The lowest BCUT2D eigenvalue weighted by molar-refractivity contribution is -0.139. The Bertz CT molecular complexity index is 2010. The lowest BCUT2D eigenvalue weighted by Gasteiger charge is -2.17. The molecule has 0 aliphatic rings. The van der Waals surface area contributed by atoms with Gasteiger partial charge in [-0.2, -0.15) is 0 Å². The molecule has 5 aromatic carbocycles. The van der Waals surface area contributed by atoms with Gasteiger partial charge in [0, 0.05) is 21.8 Å². The fraction of sp³-hybridized carbons (Fsp3) is 0.0541. The standard InChI is InChI=1S/C37H27BrN2O6/c38-26-18-19-30(39-36(42)34-21-25-8-4-6-12-32(25)46-34)29(22-26)35(41)40-31(37(43)44)20-23-14-16-24(17-15-23)28-11-5-7-13-33(28)45-27-9-2-1-3-10-27/h1-19,21-22,31H,20H2,(H,39,42)(H,40,41)(H,43,44). The van der Waals surface area contributed by atoms with Crippen LogP contribution in [0.1, 0.15) is 26.5 Å². The molecule has 9 heteroatoms. The molecule has 46 heavy (non-hydrogen) atoms. The zero-order chi connectivity index (χ0) is 32.0. The number of aliphatic carboxylic acids is 1. The van der Waals surface area contributed by atoms with Gasteiger partial charge < -0.3 is 24.9 Å². The Labute approximate surface area is 272 Å². The molecule has 1 unspecified atom stereocenters. The smallest absolute Gasteiger partial charge is 0.326 e. The number of carboxylic acids is 1. The summed E-state index contributed by atoms with van der Waals surface area (Å²) in [7, 11) is 0. The van der Waals surface area contributed by atoms with Gasteiger partial charge in [0.1, 0.15) is 23.1 Å². The third-order valence-corrected chi connectivity index (χ3v) is 7.78. The number of carbonyl (C=O) groups is 3. The Morgan fingerprint density at radius 1 is 0.783 bits per heavy atom. The molecule has 2 amide bonds. The van der Waals surface area contributed by atoms with Gasteiger partial charge in [-0.1, -0.05) is 94.8 Å². The van der Waals surface area contributed by atoms with Gasteiger partial charge in [-0.05, 0) is 59.7 Å². The normalized spacial score (nSPS) is 11.5. The number of furan rings is 1. The van der Waals surface area contributed by atoms with Gasteiger partial charge in [0.25, 0.3) is 11.8 Å². The number of hydrogen-bond acceptors (Lipinski definition) is 5. The van der Waals surface area contributed by atoms with Crippen molar-refractivity contribution in [2.45, 2.75) is 12.5 Å². The van der Waals surface area contributed by atoms with Crippen molar-refractivity contribution < 1.29 is 28.6 Å². The molecule has 3 N–H and O–H groups in total. The van der Waals surface area contributed by atoms with E-state index in [1.54, 1.807) is 30.3 Å². The molecular formula is C37H27BrN2O6. The van der Waals surface area contributed by atoms with Gasteiger partial charge in [0.05, 0.1) is 11.3 Å². The van der Waals surface area contributed by atoms with Gasteiger partial charge in [-0.3, -0.25) is 9.59 Å². The number of carbonyl (C=O) groups excluding carboxylic acids is 2. The summed E-state index contributed by atoms with van der Waals surface area (Å²) in [5, 5.41) is 16.1. The van der Waals surface area contributed by atoms with Crippen LogP contribution in [-0.4, -0.2) is 28.9 Å². The van der Waals surface area contributed by atoms with E-state index >= 15 is 0 Å². The fourth-order valence-corrected chi connectivity index (χ4v) is 5.35. The summed E-state index contributed by atoms with van der Waals surface area (Å²) in [5.74, 6) is -0.905. The minimum absolute atomic E-state index is 0.0399. The molecule has 8 nitrogen and oxygen atoms in total. The Kier molecular flexibility index (Phi) is 8.94. The Balaban J connectivity index is 1.17. The minimum Gasteiger partial charge on any atom is -0.480 e. The second-order valence-electron chi connectivity index (χ2n) is 10.5. The molecule has 0 fully saturated rings. The highest BCUT2D eigenvalue weighted by molar-refractivity contribution is 9.10. The van der Waals surface area contributed by atoms with Crippen LogP contribution in [0.25, 0.3) is 22.1 Å². The largest absolute Gasteiger partial charge is 0.480 e. The van der Waals surface area contributed by atoms with E-state index in [4.69, 9.17) is 9.15 Å². The van der Waals surface area contributed by atoms with Crippen molar-refractivity contribution in [2.24, 2.45) is 0 Å². The van der Waals surface area contributed by atoms with E-state index in [0.29, 0.717) is 27.1 Å². The summed E-state index contributed by atoms with van der Waals surface area (Å²) in [6, 6.07) is 37.0. The van der Waals surface area contributed by atoms with Crippen LogP contribution in [0.15, 0.2) is 136 Å². The molecule has 0 aliphatic carbocycles. The highest BCUT2D eigenvalue weighted by atomic mass is 79.9.